The molecule has 2 N–H and O–H groups in total. The number of hydrogen-bond acceptors (Lipinski definition) is 5. The summed E-state index contributed by atoms with van der Waals surface area (Å²) < 4.78 is 37.2. The standard InChI is InChI=1S/C12H7F3N2O2S/c13-12(14,15)11(18,19)10-17-7-9(20-10)4-3-8-2-1-5-16-6-8/h1-2,5-7,18-19H. The van der Waals surface area contributed by atoms with Crippen molar-refractivity contribution in [1.82, 2.24) is 9.97 Å². The molecule has 0 saturated heterocycles. The van der Waals surface area contributed by atoms with Crippen LogP contribution in [-0.4, -0.2) is 26.4 Å². The molecule has 2 aromatic heterocycles. The van der Waals surface area contributed by atoms with E-state index in [0.717, 1.165) is 6.20 Å². The Bertz CT molecular complexity index is 657. The van der Waals surface area contributed by atoms with Crippen LogP contribution in [0.3, 0.4) is 0 Å². The van der Waals surface area contributed by atoms with Gasteiger partial charge in [0.2, 0.25) is 0 Å². The monoisotopic (exact) mass is 300 g/mol. The third-order valence-electron chi connectivity index (χ3n) is 2.19. The van der Waals surface area contributed by atoms with E-state index in [1.54, 1.807) is 18.3 Å². The quantitative estimate of drug-likeness (QED) is 0.620. The highest BCUT2D eigenvalue weighted by Gasteiger charge is 2.56. The third-order valence-corrected chi connectivity index (χ3v) is 3.20. The van der Waals surface area contributed by atoms with Crippen LogP contribution in [0.4, 0.5) is 13.2 Å². The van der Waals surface area contributed by atoms with Crippen LogP contribution in [0.25, 0.3) is 0 Å². The molecule has 0 amide bonds. The molecule has 20 heavy (non-hydrogen) atoms. The summed E-state index contributed by atoms with van der Waals surface area (Å²) in [6.45, 7) is 0. The molecule has 0 fully saturated rings. The number of alkyl halides is 3. The molecule has 0 spiro atoms. The minimum atomic E-state index is -5.22. The van der Waals surface area contributed by atoms with Crippen LogP contribution in [0.15, 0.2) is 30.7 Å². The fourth-order valence-corrected chi connectivity index (χ4v) is 1.96. The molecule has 0 saturated carbocycles. The molecule has 0 atom stereocenters. The second-order valence-electron chi connectivity index (χ2n) is 3.69. The predicted octanol–water partition coefficient (Wildman–Crippen LogP) is 1.64. The van der Waals surface area contributed by atoms with Crippen molar-refractivity contribution in [1.29, 1.82) is 0 Å². The van der Waals surface area contributed by atoms with Gasteiger partial charge in [0.25, 0.3) is 0 Å². The van der Waals surface area contributed by atoms with E-state index in [-0.39, 0.29) is 4.88 Å². The zero-order valence-corrected chi connectivity index (χ0v) is 10.5. The average Bonchev–Trinajstić information content (AvgIpc) is 2.85. The summed E-state index contributed by atoms with van der Waals surface area (Å²) in [5.41, 5.74) is 0.581. The third kappa shape index (κ3) is 2.96. The maximum absolute atomic E-state index is 12.4. The molecule has 0 unspecified atom stereocenters. The molecule has 0 aliphatic carbocycles. The zero-order valence-electron chi connectivity index (χ0n) is 9.72. The molecule has 104 valence electrons. The number of thiazole rings is 1. The first-order chi connectivity index (χ1) is 9.30. The van der Waals surface area contributed by atoms with Crippen molar-refractivity contribution < 1.29 is 23.4 Å². The minimum absolute atomic E-state index is 0.181. The summed E-state index contributed by atoms with van der Waals surface area (Å²) in [6, 6.07) is 3.35. The molecular weight excluding hydrogens is 293 g/mol. The van der Waals surface area contributed by atoms with Crippen molar-refractivity contribution in [2.45, 2.75) is 12.0 Å². The Kier molecular flexibility index (Phi) is 3.76. The minimum Gasteiger partial charge on any atom is -0.353 e. The van der Waals surface area contributed by atoms with E-state index in [1.807, 2.05) is 0 Å². The first-order valence-electron chi connectivity index (χ1n) is 5.20. The lowest BCUT2D eigenvalue weighted by molar-refractivity contribution is -0.358. The second kappa shape index (κ2) is 5.20. The van der Waals surface area contributed by atoms with Gasteiger partial charge in [-0.25, -0.2) is 4.98 Å². The van der Waals surface area contributed by atoms with Gasteiger partial charge >= 0.3 is 12.0 Å². The maximum Gasteiger partial charge on any atom is 0.450 e. The lowest BCUT2D eigenvalue weighted by Crippen LogP contribution is -2.41. The van der Waals surface area contributed by atoms with Gasteiger partial charge in [-0.05, 0) is 18.1 Å². The lowest BCUT2D eigenvalue weighted by Gasteiger charge is -2.21. The van der Waals surface area contributed by atoms with E-state index in [9.17, 15) is 13.2 Å². The van der Waals surface area contributed by atoms with Gasteiger partial charge in [-0.2, -0.15) is 13.2 Å². The van der Waals surface area contributed by atoms with Crippen LogP contribution < -0.4 is 0 Å². The molecule has 2 rings (SSSR count). The van der Waals surface area contributed by atoms with Crippen LogP contribution in [-0.2, 0) is 5.79 Å². The number of halogens is 3. The first kappa shape index (κ1) is 14.5. The van der Waals surface area contributed by atoms with Crippen molar-refractivity contribution in [3.05, 3.63) is 46.2 Å². The highest BCUT2D eigenvalue weighted by atomic mass is 32.1. The van der Waals surface area contributed by atoms with Gasteiger partial charge in [0.05, 0.1) is 11.1 Å². The summed E-state index contributed by atoms with van der Waals surface area (Å²) in [7, 11) is 0. The topological polar surface area (TPSA) is 66.2 Å². The Morgan fingerprint density at radius 1 is 1.15 bits per heavy atom. The molecule has 0 radical (unpaired) electrons. The lowest BCUT2D eigenvalue weighted by atomic mass is 10.3. The van der Waals surface area contributed by atoms with E-state index in [0.29, 0.717) is 16.9 Å². The van der Waals surface area contributed by atoms with E-state index >= 15 is 0 Å². The second-order valence-corrected chi connectivity index (χ2v) is 4.72. The van der Waals surface area contributed by atoms with Crippen molar-refractivity contribution >= 4 is 11.3 Å². The Morgan fingerprint density at radius 2 is 1.90 bits per heavy atom. The zero-order chi connectivity index (χ0) is 14.8. The predicted molar refractivity (Wildman–Crippen MR) is 64.5 cm³/mol. The van der Waals surface area contributed by atoms with E-state index in [2.05, 4.69) is 21.8 Å². The summed E-state index contributed by atoms with van der Waals surface area (Å²) in [5.74, 6) is 1.29. The normalized spacial score (nSPS) is 11.8. The highest BCUT2D eigenvalue weighted by Crippen LogP contribution is 2.38. The van der Waals surface area contributed by atoms with E-state index < -0.39 is 17.0 Å². The van der Waals surface area contributed by atoms with Gasteiger partial charge in [0.15, 0.2) is 5.01 Å². The summed E-state index contributed by atoms with van der Waals surface area (Å²) in [4.78, 5) is 7.36. The van der Waals surface area contributed by atoms with Gasteiger partial charge in [0.1, 0.15) is 0 Å². The fraction of sp³-hybridized carbons (Fsp3) is 0.167. The Hall–Kier alpha value is -1.95. The highest BCUT2D eigenvalue weighted by molar-refractivity contribution is 7.12. The molecule has 4 nitrogen and oxygen atoms in total. The number of rotatable bonds is 1. The van der Waals surface area contributed by atoms with Crippen LogP contribution >= 0.6 is 11.3 Å². The van der Waals surface area contributed by atoms with Gasteiger partial charge in [-0.3, -0.25) is 4.98 Å². The number of aromatic nitrogens is 2. The Labute approximate surface area is 115 Å². The molecular formula is C12H7F3N2O2S. The van der Waals surface area contributed by atoms with Gasteiger partial charge in [-0.15, -0.1) is 11.3 Å². The summed E-state index contributed by atoms with van der Waals surface area (Å²) in [5, 5.41) is 17.2. The largest absolute Gasteiger partial charge is 0.450 e. The summed E-state index contributed by atoms with van der Waals surface area (Å²) in [6.07, 6.45) is -1.12. The smallest absolute Gasteiger partial charge is 0.353 e. The van der Waals surface area contributed by atoms with Crippen molar-refractivity contribution in [2.75, 3.05) is 0 Å². The van der Waals surface area contributed by atoms with Crippen molar-refractivity contribution in [3.63, 3.8) is 0 Å². The Morgan fingerprint density at radius 3 is 2.50 bits per heavy atom. The molecule has 0 aromatic carbocycles. The molecule has 0 aliphatic rings. The molecule has 8 heteroatoms. The number of hydrogen-bond donors (Lipinski definition) is 2. The van der Waals surface area contributed by atoms with Crippen LogP contribution in [0.5, 0.6) is 0 Å². The van der Waals surface area contributed by atoms with Gasteiger partial charge in [0, 0.05) is 18.0 Å². The van der Waals surface area contributed by atoms with Crippen LogP contribution in [0, 0.1) is 11.8 Å². The van der Waals surface area contributed by atoms with E-state index in [1.165, 1.54) is 6.20 Å². The average molecular weight is 300 g/mol. The molecule has 2 heterocycles. The first-order valence-corrected chi connectivity index (χ1v) is 6.02. The van der Waals surface area contributed by atoms with Crippen molar-refractivity contribution in [2.24, 2.45) is 0 Å². The summed E-state index contributed by atoms with van der Waals surface area (Å²) >= 11 is 0.461. The SMILES string of the molecule is OC(O)(c1ncc(C#Cc2cccnc2)s1)C(F)(F)F. The van der Waals surface area contributed by atoms with Crippen LogP contribution in [0.2, 0.25) is 0 Å². The molecule has 0 aliphatic heterocycles. The number of nitrogens with zero attached hydrogens (tertiary/aromatic N) is 2. The van der Waals surface area contributed by atoms with Gasteiger partial charge in [-0.1, -0.05) is 5.92 Å². The van der Waals surface area contributed by atoms with Gasteiger partial charge < -0.3 is 10.2 Å². The molecule has 2 aromatic rings. The van der Waals surface area contributed by atoms with Crippen molar-refractivity contribution in [3.8, 4) is 11.8 Å². The molecule has 0 bridgehead atoms. The fourth-order valence-electron chi connectivity index (χ4n) is 1.18. The number of aliphatic hydroxyl groups is 2. The number of pyridine rings is 1. The Balaban J connectivity index is 2.25. The van der Waals surface area contributed by atoms with E-state index in [4.69, 9.17) is 10.2 Å². The van der Waals surface area contributed by atoms with Crippen LogP contribution in [0.1, 0.15) is 15.4 Å². The maximum atomic E-state index is 12.4.